The number of rotatable bonds is 22. The molecule has 0 N–H and O–H groups in total. The molecule has 3 rings (SSSR count). The summed E-state index contributed by atoms with van der Waals surface area (Å²) in [6.45, 7) is 5.82. The molecule has 0 unspecified atom stereocenters. The number of ether oxygens (including phenoxy) is 2. The molecule has 1 aromatic heterocycles. The molecule has 0 fully saturated rings. The molecule has 0 saturated heterocycles. The molecule has 0 saturated carbocycles. The average Bonchev–Trinajstić information content (AvgIpc) is 2.95. The molecule has 0 aliphatic heterocycles. The molecule has 0 spiro atoms. The van der Waals surface area contributed by atoms with E-state index in [-0.39, 0.29) is 5.82 Å². The van der Waals surface area contributed by atoms with E-state index in [1.54, 1.807) is 6.07 Å². The summed E-state index contributed by atoms with van der Waals surface area (Å²) in [5.41, 5.74) is 3.74. The van der Waals surface area contributed by atoms with E-state index in [1.165, 1.54) is 96.3 Å². The largest absolute Gasteiger partial charge is 0.491 e. The molecule has 3 nitrogen and oxygen atoms in total. The molecule has 0 atom stereocenters. The van der Waals surface area contributed by atoms with Gasteiger partial charge >= 0.3 is 0 Å². The third-order valence-corrected chi connectivity index (χ3v) is 8.06. The van der Waals surface area contributed by atoms with Gasteiger partial charge in [-0.05, 0) is 48.9 Å². The standard InChI is InChI=1S/C35H54FNO2/c1-3-5-7-9-11-13-14-16-17-19-27-38-33-25-22-29-30-23-26-34(37-32(30)24-21-31(29)35(33)36)39-28-20-18-15-12-10-8-6-4-2/h22-23,25-26H,3-21,24,27-28H2,1-2H3. The van der Waals surface area contributed by atoms with Crippen molar-refractivity contribution in [1.82, 2.24) is 4.98 Å². The second-order valence-corrected chi connectivity index (χ2v) is 11.4. The van der Waals surface area contributed by atoms with Crippen LogP contribution < -0.4 is 9.47 Å². The van der Waals surface area contributed by atoms with E-state index >= 15 is 4.39 Å². The summed E-state index contributed by atoms with van der Waals surface area (Å²) in [4.78, 5) is 4.77. The lowest BCUT2D eigenvalue weighted by Gasteiger charge is -2.21. The van der Waals surface area contributed by atoms with E-state index in [2.05, 4.69) is 13.8 Å². The van der Waals surface area contributed by atoms with Gasteiger partial charge in [-0.25, -0.2) is 9.37 Å². The summed E-state index contributed by atoms with van der Waals surface area (Å²) in [5.74, 6) is 0.892. The van der Waals surface area contributed by atoms with Crippen LogP contribution in [0.2, 0.25) is 0 Å². The number of nitrogens with zero attached hydrogens (tertiary/aromatic N) is 1. The number of benzene rings is 1. The predicted octanol–water partition coefficient (Wildman–Crippen LogP) is 10.8. The van der Waals surface area contributed by atoms with E-state index in [4.69, 9.17) is 14.5 Å². The van der Waals surface area contributed by atoms with Crippen molar-refractivity contribution in [2.45, 2.75) is 142 Å². The first kappa shape index (κ1) is 31.4. The number of unbranched alkanes of at least 4 members (excludes halogenated alkanes) is 16. The van der Waals surface area contributed by atoms with Gasteiger partial charge in [0.15, 0.2) is 11.6 Å². The van der Waals surface area contributed by atoms with Crippen LogP contribution in [-0.4, -0.2) is 18.2 Å². The fourth-order valence-electron chi connectivity index (χ4n) is 5.63. The van der Waals surface area contributed by atoms with Crippen molar-refractivity contribution in [3.63, 3.8) is 0 Å². The summed E-state index contributed by atoms with van der Waals surface area (Å²) in [6.07, 6.45) is 24.5. The first-order chi connectivity index (χ1) is 19.2. The van der Waals surface area contributed by atoms with Gasteiger partial charge in [0.25, 0.3) is 0 Å². The Balaban J connectivity index is 1.37. The van der Waals surface area contributed by atoms with Crippen LogP contribution in [0.5, 0.6) is 11.6 Å². The van der Waals surface area contributed by atoms with Gasteiger partial charge in [-0.1, -0.05) is 123 Å². The minimum atomic E-state index is -0.194. The number of pyridine rings is 1. The van der Waals surface area contributed by atoms with Crippen molar-refractivity contribution < 1.29 is 13.9 Å². The average molecular weight is 540 g/mol. The van der Waals surface area contributed by atoms with Crippen molar-refractivity contribution >= 4 is 0 Å². The van der Waals surface area contributed by atoms with Gasteiger partial charge in [0, 0.05) is 11.6 Å². The van der Waals surface area contributed by atoms with Crippen molar-refractivity contribution in [1.29, 1.82) is 0 Å². The fourth-order valence-corrected chi connectivity index (χ4v) is 5.63. The highest BCUT2D eigenvalue weighted by Gasteiger charge is 2.23. The van der Waals surface area contributed by atoms with E-state index in [0.29, 0.717) is 31.3 Å². The van der Waals surface area contributed by atoms with E-state index in [1.807, 2.05) is 18.2 Å². The zero-order chi connectivity index (χ0) is 27.5. The quantitative estimate of drug-likeness (QED) is 0.139. The molecule has 1 heterocycles. The van der Waals surface area contributed by atoms with Gasteiger partial charge < -0.3 is 9.47 Å². The number of aryl methyl sites for hydroxylation is 1. The second-order valence-electron chi connectivity index (χ2n) is 11.4. The van der Waals surface area contributed by atoms with Crippen LogP contribution in [0.1, 0.15) is 141 Å². The molecule has 0 amide bonds. The van der Waals surface area contributed by atoms with Crippen LogP contribution in [-0.2, 0) is 12.8 Å². The summed E-state index contributed by atoms with van der Waals surface area (Å²) < 4.78 is 27.1. The highest BCUT2D eigenvalue weighted by molar-refractivity contribution is 5.73. The van der Waals surface area contributed by atoms with Crippen LogP contribution in [0.4, 0.5) is 4.39 Å². The van der Waals surface area contributed by atoms with Crippen LogP contribution in [0.15, 0.2) is 24.3 Å². The molecular formula is C35H54FNO2. The summed E-state index contributed by atoms with van der Waals surface area (Å²) >= 11 is 0. The van der Waals surface area contributed by atoms with Gasteiger partial charge in [-0.15, -0.1) is 0 Å². The fraction of sp³-hybridized carbons (Fsp3) is 0.686. The third-order valence-electron chi connectivity index (χ3n) is 8.06. The van der Waals surface area contributed by atoms with E-state index in [0.717, 1.165) is 48.1 Å². The molecule has 1 aliphatic carbocycles. The first-order valence-electron chi connectivity index (χ1n) is 16.3. The smallest absolute Gasteiger partial charge is 0.213 e. The van der Waals surface area contributed by atoms with Crippen molar-refractivity contribution in [3.8, 4) is 22.8 Å². The second kappa shape index (κ2) is 19.1. The Morgan fingerprint density at radius 1 is 0.590 bits per heavy atom. The molecule has 0 bridgehead atoms. The Morgan fingerprint density at radius 3 is 1.69 bits per heavy atom. The Labute approximate surface area is 238 Å². The molecule has 0 radical (unpaired) electrons. The van der Waals surface area contributed by atoms with Crippen molar-refractivity contribution in [3.05, 3.63) is 41.3 Å². The number of halogens is 1. The lowest BCUT2D eigenvalue weighted by atomic mass is 9.88. The molecule has 218 valence electrons. The van der Waals surface area contributed by atoms with Crippen molar-refractivity contribution in [2.75, 3.05) is 13.2 Å². The zero-order valence-corrected chi connectivity index (χ0v) is 25.0. The number of fused-ring (bicyclic) bond motifs is 3. The van der Waals surface area contributed by atoms with Crippen molar-refractivity contribution in [2.24, 2.45) is 0 Å². The Kier molecular flexibility index (Phi) is 15.4. The van der Waals surface area contributed by atoms with E-state index in [9.17, 15) is 0 Å². The summed E-state index contributed by atoms with van der Waals surface area (Å²) in [7, 11) is 0. The molecule has 2 aromatic rings. The predicted molar refractivity (Wildman–Crippen MR) is 162 cm³/mol. The van der Waals surface area contributed by atoms with Gasteiger partial charge in [0.1, 0.15) is 0 Å². The first-order valence-corrected chi connectivity index (χ1v) is 16.3. The summed E-state index contributed by atoms with van der Waals surface area (Å²) in [6, 6.07) is 7.79. The van der Waals surface area contributed by atoms with Gasteiger partial charge in [-0.2, -0.15) is 0 Å². The Morgan fingerprint density at radius 2 is 1.10 bits per heavy atom. The van der Waals surface area contributed by atoms with Gasteiger partial charge in [-0.3, -0.25) is 0 Å². The number of hydrogen-bond donors (Lipinski definition) is 0. The van der Waals surface area contributed by atoms with E-state index < -0.39 is 0 Å². The Bertz CT molecular complexity index is 944. The monoisotopic (exact) mass is 539 g/mol. The molecule has 1 aliphatic rings. The lowest BCUT2D eigenvalue weighted by molar-refractivity contribution is 0.288. The topological polar surface area (TPSA) is 31.4 Å². The normalized spacial score (nSPS) is 12.3. The van der Waals surface area contributed by atoms with Crippen LogP contribution in [0, 0.1) is 5.82 Å². The third kappa shape index (κ3) is 11.1. The highest BCUT2D eigenvalue weighted by Crippen LogP contribution is 2.38. The summed E-state index contributed by atoms with van der Waals surface area (Å²) in [5, 5.41) is 0. The maximum atomic E-state index is 15.3. The minimum Gasteiger partial charge on any atom is -0.491 e. The highest BCUT2D eigenvalue weighted by atomic mass is 19.1. The molecular weight excluding hydrogens is 485 g/mol. The van der Waals surface area contributed by atoms with Crippen LogP contribution in [0.25, 0.3) is 11.1 Å². The molecule has 1 aromatic carbocycles. The SMILES string of the molecule is CCCCCCCCCCCCOc1ccc2c(c1F)CCc1nc(OCCCCCCCCCC)ccc1-2. The number of aromatic nitrogens is 1. The lowest BCUT2D eigenvalue weighted by Crippen LogP contribution is -2.11. The van der Waals surface area contributed by atoms with Crippen LogP contribution >= 0.6 is 0 Å². The molecule has 39 heavy (non-hydrogen) atoms. The maximum Gasteiger partial charge on any atom is 0.213 e. The van der Waals surface area contributed by atoms with Gasteiger partial charge in [0.05, 0.1) is 18.9 Å². The van der Waals surface area contributed by atoms with Gasteiger partial charge in [0.2, 0.25) is 5.88 Å². The maximum absolute atomic E-state index is 15.3. The Hall–Kier alpha value is -2.10. The zero-order valence-electron chi connectivity index (χ0n) is 25.0. The number of hydrogen-bond acceptors (Lipinski definition) is 3. The molecule has 4 heteroatoms. The minimum absolute atomic E-state index is 0.194. The van der Waals surface area contributed by atoms with Crippen LogP contribution in [0.3, 0.4) is 0 Å².